The topological polar surface area (TPSA) is 49.4 Å². The lowest BCUT2D eigenvalue weighted by Crippen LogP contribution is -2.28. The summed E-state index contributed by atoms with van der Waals surface area (Å²) in [5.74, 6) is -1.37. The molecule has 1 heterocycles. The molecule has 24 heavy (non-hydrogen) atoms. The van der Waals surface area contributed by atoms with E-state index in [0.29, 0.717) is 17.6 Å². The summed E-state index contributed by atoms with van der Waals surface area (Å²) < 4.78 is 14.4. The number of rotatable bonds is 4. The molecule has 0 aliphatic carbocycles. The van der Waals surface area contributed by atoms with E-state index in [2.05, 4.69) is 21.2 Å². The first-order chi connectivity index (χ1) is 11.5. The van der Waals surface area contributed by atoms with Crippen LogP contribution in [0.1, 0.15) is 12.0 Å². The molecule has 3 rings (SSSR count). The molecule has 1 fully saturated rings. The molecule has 2 amide bonds. The van der Waals surface area contributed by atoms with E-state index in [1.807, 2.05) is 30.3 Å². The van der Waals surface area contributed by atoms with Crippen LogP contribution in [-0.4, -0.2) is 23.3 Å². The van der Waals surface area contributed by atoms with E-state index in [1.165, 1.54) is 12.1 Å². The molecule has 2 aromatic carbocycles. The van der Waals surface area contributed by atoms with Crippen molar-refractivity contribution in [3.63, 3.8) is 0 Å². The number of carbonyl (C=O) groups is 2. The number of hydrogen-bond donors (Lipinski definition) is 1. The zero-order valence-electron chi connectivity index (χ0n) is 12.8. The van der Waals surface area contributed by atoms with Gasteiger partial charge in [-0.15, -0.1) is 0 Å². The van der Waals surface area contributed by atoms with E-state index >= 15 is 0 Å². The van der Waals surface area contributed by atoms with Crippen molar-refractivity contribution in [3.8, 4) is 0 Å². The Morgan fingerprint density at radius 3 is 2.71 bits per heavy atom. The third kappa shape index (κ3) is 3.82. The summed E-state index contributed by atoms with van der Waals surface area (Å²) >= 11 is 3.17. The fourth-order valence-corrected chi connectivity index (χ4v) is 3.06. The van der Waals surface area contributed by atoms with Crippen molar-refractivity contribution in [2.45, 2.75) is 13.0 Å². The molecule has 1 unspecified atom stereocenters. The summed E-state index contributed by atoms with van der Waals surface area (Å²) in [7, 11) is 0. The molecule has 2 aromatic rings. The van der Waals surface area contributed by atoms with Crippen LogP contribution in [0.25, 0.3) is 0 Å². The van der Waals surface area contributed by atoms with Crippen molar-refractivity contribution in [1.82, 2.24) is 4.90 Å². The zero-order chi connectivity index (χ0) is 17.1. The minimum absolute atomic E-state index is 0.0599. The second-order valence-corrected chi connectivity index (χ2v) is 6.69. The van der Waals surface area contributed by atoms with Crippen LogP contribution < -0.4 is 5.32 Å². The molecule has 0 bridgehead atoms. The second kappa shape index (κ2) is 7.13. The maximum atomic E-state index is 13.8. The molecule has 0 radical (unpaired) electrons. The fourth-order valence-electron chi connectivity index (χ4n) is 2.73. The lowest BCUT2D eigenvalue weighted by Gasteiger charge is -2.16. The first kappa shape index (κ1) is 16.6. The summed E-state index contributed by atoms with van der Waals surface area (Å²) in [6, 6.07) is 14.1. The van der Waals surface area contributed by atoms with Crippen LogP contribution in [0, 0.1) is 11.7 Å². The number of anilines is 1. The highest BCUT2D eigenvalue weighted by atomic mass is 79.9. The molecule has 1 aliphatic rings. The predicted octanol–water partition coefficient (Wildman–Crippen LogP) is 3.58. The summed E-state index contributed by atoms with van der Waals surface area (Å²) in [4.78, 5) is 26.1. The first-order valence-corrected chi connectivity index (χ1v) is 8.40. The van der Waals surface area contributed by atoms with E-state index in [9.17, 15) is 14.0 Å². The Balaban J connectivity index is 1.63. The minimum Gasteiger partial charge on any atom is -0.338 e. The van der Waals surface area contributed by atoms with Crippen molar-refractivity contribution in [2.24, 2.45) is 5.92 Å². The average molecular weight is 391 g/mol. The second-order valence-electron chi connectivity index (χ2n) is 5.77. The number of carbonyl (C=O) groups excluding carboxylic acids is 2. The maximum Gasteiger partial charge on any atom is 0.229 e. The lowest BCUT2D eigenvalue weighted by atomic mass is 10.1. The number of amides is 2. The number of nitrogens with one attached hydrogen (secondary N) is 1. The molecule has 124 valence electrons. The van der Waals surface area contributed by atoms with E-state index in [1.54, 1.807) is 11.0 Å². The van der Waals surface area contributed by atoms with Gasteiger partial charge in [0.2, 0.25) is 11.8 Å². The smallest absolute Gasteiger partial charge is 0.229 e. The molecule has 1 aliphatic heterocycles. The fraction of sp³-hybridized carbons (Fsp3) is 0.222. The van der Waals surface area contributed by atoms with Crippen LogP contribution >= 0.6 is 15.9 Å². The molecule has 1 atom stereocenters. The Labute approximate surface area is 147 Å². The largest absolute Gasteiger partial charge is 0.338 e. The molecule has 1 N–H and O–H groups in total. The third-order valence-corrected chi connectivity index (χ3v) is 4.48. The van der Waals surface area contributed by atoms with Crippen LogP contribution in [0.2, 0.25) is 0 Å². The van der Waals surface area contributed by atoms with Crippen molar-refractivity contribution < 1.29 is 14.0 Å². The van der Waals surface area contributed by atoms with Crippen LogP contribution in [0.3, 0.4) is 0 Å². The monoisotopic (exact) mass is 390 g/mol. The van der Waals surface area contributed by atoms with Gasteiger partial charge in [-0.2, -0.15) is 0 Å². The molecule has 0 aromatic heterocycles. The van der Waals surface area contributed by atoms with Gasteiger partial charge in [-0.05, 0) is 23.8 Å². The number of hydrogen-bond acceptors (Lipinski definition) is 2. The van der Waals surface area contributed by atoms with Gasteiger partial charge in [-0.3, -0.25) is 9.59 Å². The number of likely N-dealkylation sites (tertiary alicyclic amines) is 1. The summed E-state index contributed by atoms with van der Waals surface area (Å²) in [6.07, 6.45) is 0.150. The summed E-state index contributed by atoms with van der Waals surface area (Å²) in [6.45, 7) is 0.827. The molecular formula is C18H16BrFN2O2. The SMILES string of the molecule is O=C(Nc1ccc(Br)cc1F)C1CC(=O)N(Cc2ccccc2)C1. The average Bonchev–Trinajstić information content (AvgIpc) is 2.92. The highest BCUT2D eigenvalue weighted by molar-refractivity contribution is 9.10. The van der Waals surface area contributed by atoms with E-state index in [-0.39, 0.29) is 23.9 Å². The van der Waals surface area contributed by atoms with Gasteiger partial charge in [0.15, 0.2) is 0 Å². The molecule has 6 heteroatoms. The van der Waals surface area contributed by atoms with Crippen LogP contribution in [0.5, 0.6) is 0 Å². The molecular weight excluding hydrogens is 375 g/mol. The number of nitrogens with zero attached hydrogens (tertiary/aromatic N) is 1. The normalized spacial score (nSPS) is 17.2. The molecule has 0 saturated carbocycles. The van der Waals surface area contributed by atoms with Gasteiger partial charge in [0.1, 0.15) is 5.82 Å². The van der Waals surface area contributed by atoms with E-state index in [0.717, 1.165) is 5.56 Å². The van der Waals surface area contributed by atoms with Crippen molar-refractivity contribution in [1.29, 1.82) is 0 Å². The summed E-state index contributed by atoms with van der Waals surface area (Å²) in [5.41, 5.74) is 1.14. The highest BCUT2D eigenvalue weighted by Crippen LogP contribution is 2.24. The first-order valence-electron chi connectivity index (χ1n) is 7.60. The quantitative estimate of drug-likeness (QED) is 0.867. The Morgan fingerprint density at radius 2 is 2.00 bits per heavy atom. The van der Waals surface area contributed by atoms with Gasteiger partial charge >= 0.3 is 0 Å². The Bertz CT molecular complexity index is 767. The maximum absolute atomic E-state index is 13.8. The standard InChI is InChI=1S/C18H16BrFN2O2/c19-14-6-7-16(15(20)9-14)21-18(24)13-8-17(23)22(11-13)10-12-4-2-1-3-5-12/h1-7,9,13H,8,10-11H2,(H,21,24). The van der Waals surface area contributed by atoms with E-state index in [4.69, 9.17) is 0 Å². The van der Waals surface area contributed by atoms with Gasteiger partial charge in [-0.1, -0.05) is 46.3 Å². The number of benzene rings is 2. The predicted molar refractivity (Wildman–Crippen MR) is 92.7 cm³/mol. The number of halogens is 2. The molecule has 4 nitrogen and oxygen atoms in total. The molecule has 1 saturated heterocycles. The van der Waals surface area contributed by atoms with Crippen molar-refractivity contribution >= 4 is 33.4 Å². The van der Waals surface area contributed by atoms with Gasteiger partial charge < -0.3 is 10.2 Å². The van der Waals surface area contributed by atoms with Crippen LogP contribution in [-0.2, 0) is 16.1 Å². The Morgan fingerprint density at radius 1 is 1.25 bits per heavy atom. The van der Waals surface area contributed by atoms with Gasteiger partial charge in [0, 0.05) is 24.0 Å². The van der Waals surface area contributed by atoms with E-state index < -0.39 is 11.7 Å². The van der Waals surface area contributed by atoms with Crippen molar-refractivity contribution in [2.75, 3.05) is 11.9 Å². The van der Waals surface area contributed by atoms with Gasteiger partial charge in [-0.25, -0.2) is 4.39 Å². The third-order valence-electron chi connectivity index (χ3n) is 3.99. The molecule has 0 spiro atoms. The lowest BCUT2D eigenvalue weighted by molar-refractivity contribution is -0.128. The Hall–Kier alpha value is -2.21. The van der Waals surface area contributed by atoms with Crippen molar-refractivity contribution in [3.05, 3.63) is 64.4 Å². The van der Waals surface area contributed by atoms with Crippen LogP contribution in [0.4, 0.5) is 10.1 Å². The summed E-state index contributed by atoms with van der Waals surface area (Å²) in [5, 5.41) is 2.57. The van der Waals surface area contributed by atoms with Crippen LogP contribution in [0.15, 0.2) is 53.0 Å². The minimum atomic E-state index is -0.511. The zero-order valence-corrected chi connectivity index (χ0v) is 14.4. The van der Waals surface area contributed by atoms with Gasteiger partial charge in [0.25, 0.3) is 0 Å². The highest BCUT2D eigenvalue weighted by Gasteiger charge is 2.34. The van der Waals surface area contributed by atoms with Gasteiger partial charge in [0.05, 0.1) is 11.6 Å². The Kier molecular flexibility index (Phi) is 4.94.